The highest BCUT2D eigenvalue weighted by Crippen LogP contribution is 2.25. The number of aromatic carboxylic acids is 1. The molecule has 1 amide bonds. The number of carbonyl (C=O) groups is 2. The second-order valence-corrected chi connectivity index (χ2v) is 5.18. The molecule has 0 aliphatic rings. The molecule has 0 aliphatic heterocycles. The molecule has 110 valence electrons. The van der Waals surface area contributed by atoms with Gasteiger partial charge in [-0.05, 0) is 23.8 Å². The molecular weight excluding hydrogens is 315 g/mol. The molecule has 0 radical (unpaired) electrons. The van der Waals surface area contributed by atoms with Crippen LogP contribution < -0.4 is 5.32 Å². The lowest BCUT2D eigenvalue weighted by Gasteiger charge is -2.07. The fraction of sp³-hybridized carbons (Fsp3) is 0.143. The number of nitrogens with one attached hydrogen (secondary N) is 1. The van der Waals surface area contributed by atoms with E-state index in [9.17, 15) is 9.59 Å². The quantitative estimate of drug-likeness (QED) is 0.907. The number of halogens is 2. The number of carboxylic acids is 1. The lowest BCUT2D eigenvalue weighted by molar-refractivity contribution is 0.0696. The molecule has 0 unspecified atom stereocenters. The summed E-state index contributed by atoms with van der Waals surface area (Å²) in [4.78, 5) is 22.9. The summed E-state index contributed by atoms with van der Waals surface area (Å²) in [7, 11) is 1.63. The Bertz CT molecular complexity index is 710. The van der Waals surface area contributed by atoms with Crippen LogP contribution in [0.4, 0.5) is 0 Å². The number of rotatable bonds is 4. The van der Waals surface area contributed by atoms with Gasteiger partial charge in [0.25, 0.3) is 5.91 Å². The van der Waals surface area contributed by atoms with E-state index in [0.29, 0.717) is 16.3 Å². The van der Waals surface area contributed by atoms with Crippen molar-refractivity contribution < 1.29 is 14.7 Å². The number of aromatic nitrogens is 1. The minimum Gasteiger partial charge on any atom is -0.478 e. The van der Waals surface area contributed by atoms with E-state index < -0.39 is 5.97 Å². The Morgan fingerprint density at radius 3 is 2.57 bits per heavy atom. The summed E-state index contributed by atoms with van der Waals surface area (Å²) >= 11 is 11.8. The van der Waals surface area contributed by atoms with Gasteiger partial charge in [0.05, 0.1) is 10.6 Å². The molecule has 2 aromatic rings. The second kappa shape index (κ2) is 6.20. The summed E-state index contributed by atoms with van der Waals surface area (Å²) in [5.41, 5.74) is 1.20. The summed E-state index contributed by atoms with van der Waals surface area (Å²) in [6, 6.07) is 7.84. The lowest BCUT2D eigenvalue weighted by atomic mass is 10.1. The van der Waals surface area contributed by atoms with Crippen LogP contribution in [-0.4, -0.2) is 21.6 Å². The van der Waals surface area contributed by atoms with E-state index in [4.69, 9.17) is 28.3 Å². The molecule has 0 saturated heterocycles. The van der Waals surface area contributed by atoms with Gasteiger partial charge in [0.15, 0.2) is 0 Å². The van der Waals surface area contributed by atoms with Crippen LogP contribution in [0, 0.1) is 0 Å². The van der Waals surface area contributed by atoms with Crippen molar-refractivity contribution in [1.82, 2.24) is 9.88 Å². The maximum atomic E-state index is 12.1. The Morgan fingerprint density at radius 1 is 1.29 bits per heavy atom. The van der Waals surface area contributed by atoms with E-state index >= 15 is 0 Å². The normalized spacial score (nSPS) is 10.4. The number of carboxylic acid groups (broad SMARTS) is 1. The topological polar surface area (TPSA) is 71.3 Å². The number of amides is 1. The highest BCUT2D eigenvalue weighted by Gasteiger charge is 2.15. The first-order valence-electron chi connectivity index (χ1n) is 6.01. The van der Waals surface area contributed by atoms with E-state index in [1.165, 1.54) is 22.8 Å². The molecule has 0 saturated carbocycles. The summed E-state index contributed by atoms with van der Waals surface area (Å²) in [6.07, 6.45) is 0. The molecule has 2 N–H and O–H groups in total. The van der Waals surface area contributed by atoms with Crippen molar-refractivity contribution >= 4 is 35.1 Å². The van der Waals surface area contributed by atoms with Gasteiger partial charge >= 0.3 is 5.97 Å². The van der Waals surface area contributed by atoms with E-state index in [1.54, 1.807) is 19.2 Å². The van der Waals surface area contributed by atoms with Crippen LogP contribution in [0.25, 0.3) is 0 Å². The lowest BCUT2D eigenvalue weighted by Crippen LogP contribution is -2.25. The van der Waals surface area contributed by atoms with Gasteiger partial charge in [-0.25, -0.2) is 4.79 Å². The SMILES string of the molecule is Cn1c(C(=O)NCc2cccc(C(=O)O)c2)cc(Cl)c1Cl. The molecule has 0 bridgehead atoms. The van der Waals surface area contributed by atoms with Crippen molar-refractivity contribution in [2.24, 2.45) is 7.05 Å². The maximum absolute atomic E-state index is 12.1. The molecule has 0 atom stereocenters. The predicted molar refractivity (Wildman–Crippen MR) is 80.0 cm³/mol. The van der Waals surface area contributed by atoms with Crippen LogP contribution in [0.1, 0.15) is 26.4 Å². The van der Waals surface area contributed by atoms with Crippen LogP contribution in [0.15, 0.2) is 30.3 Å². The van der Waals surface area contributed by atoms with Gasteiger partial charge in [0, 0.05) is 13.6 Å². The summed E-state index contributed by atoms with van der Waals surface area (Å²) in [5.74, 6) is -1.35. The molecule has 0 fully saturated rings. The largest absolute Gasteiger partial charge is 0.478 e. The first-order chi connectivity index (χ1) is 9.90. The number of carbonyl (C=O) groups excluding carboxylic acids is 1. The van der Waals surface area contributed by atoms with Crippen LogP contribution in [0.2, 0.25) is 10.2 Å². The van der Waals surface area contributed by atoms with Gasteiger partial charge in [0.1, 0.15) is 10.8 Å². The third-order valence-electron chi connectivity index (χ3n) is 2.98. The molecule has 0 spiro atoms. The van der Waals surface area contributed by atoms with Gasteiger partial charge in [-0.15, -0.1) is 0 Å². The predicted octanol–water partition coefficient (Wildman–Crippen LogP) is 2.96. The first-order valence-corrected chi connectivity index (χ1v) is 6.77. The van der Waals surface area contributed by atoms with Gasteiger partial charge in [-0.3, -0.25) is 4.79 Å². The average molecular weight is 327 g/mol. The number of hydrogen-bond acceptors (Lipinski definition) is 2. The van der Waals surface area contributed by atoms with E-state index in [1.807, 2.05) is 0 Å². The van der Waals surface area contributed by atoms with Crippen molar-refractivity contribution in [3.05, 3.63) is 57.3 Å². The van der Waals surface area contributed by atoms with Gasteiger partial charge in [-0.1, -0.05) is 35.3 Å². The molecular formula is C14H12Cl2N2O3. The molecule has 1 heterocycles. The molecule has 2 rings (SSSR count). The standard InChI is InChI=1S/C14H12Cl2N2O3/c1-18-11(6-10(15)12(18)16)13(19)17-7-8-3-2-4-9(5-8)14(20)21/h2-6H,7H2,1H3,(H,17,19)(H,20,21). The van der Waals surface area contributed by atoms with E-state index in [0.717, 1.165) is 0 Å². The zero-order valence-corrected chi connectivity index (χ0v) is 12.6. The van der Waals surface area contributed by atoms with E-state index in [2.05, 4.69) is 5.32 Å². The minimum absolute atomic E-state index is 0.173. The monoisotopic (exact) mass is 326 g/mol. The fourth-order valence-corrected chi connectivity index (χ4v) is 2.22. The average Bonchev–Trinajstić information content (AvgIpc) is 2.73. The van der Waals surface area contributed by atoms with E-state index in [-0.39, 0.29) is 23.2 Å². The van der Waals surface area contributed by atoms with Crippen molar-refractivity contribution in [3.63, 3.8) is 0 Å². The molecule has 21 heavy (non-hydrogen) atoms. The molecule has 1 aromatic carbocycles. The minimum atomic E-state index is -1.01. The molecule has 0 aliphatic carbocycles. The van der Waals surface area contributed by atoms with Gasteiger partial charge in [0.2, 0.25) is 0 Å². The first kappa shape index (κ1) is 15.4. The number of hydrogen-bond donors (Lipinski definition) is 2. The van der Waals surface area contributed by atoms with Gasteiger partial charge in [-0.2, -0.15) is 0 Å². The smallest absolute Gasteiger partial charge is 0.335 e. The van der Waals surface area contributed by atoms with Crippen LogP contribution in [0.5, 0.6) is 0 Å². The molecule has 1 aromatic heterocycles. The maximum Gasteiger partial charge on any atom is 0.335 e. The summed E-state index contributed by atoms with van der Waals surface area (Å²) < 4.78 is 1.48. The third kappa shape index (κ3) is 3.37. The fourth-order valence-electron chi connectivity index (χ4n) is 1.85. The molecule has 7 heteroatoms. The summed E-state index contributed by atoms with van der Waals surface area (Å²) in [5, 5.41) is 12.2. The Hall–Kier alpha value is -1.98. The zero-order chi connectivity index (χ0) is 15.6. The Morgan fingerprint density at radius 2 is 2.00 bits per heavy atom. The van der Waals surface area contributed by atoms with Crippen molar-refractivity contribution in [3.8, 4) is 0 Å². The Labute approximate surface area is 131 Å². The van der Waals surface area contributed by atoms with Crippen LogP contribution in [0.3, 0.4) is 0 Å². The Kier molecular flexibility index (Phi) is 4.55. The molecule has 5 nitrogen and oxygen atoms in total. The second-order valence-electron chi connectivity index (χ2n) is 4.42. The van der Waals surface area contributed by atoms with Gasteiger partial charge < -0.3 is 15.0 Å². The van der Waals surface area contributed by atoms with Crippen molar-refractivity contribution in [2.75, 3.05) is 0 Å². The highest BCUT2D eigenvalue weighted by molar-refractivity contribution is 6.41. The summed E-state index contributed by atoms with van der Waals surface area (Å²) in [6.45, 7) is 0.209. The Balaban J connectivity index is 2.09. The van der Waals surface area contributed by atoms with Crippen molar-refractivity contribution in [2.45, 2.75) is 6.54 Å². The van der Waals surface area contributed by atoms with Crippen LogP contribution >= 0.6 is 23.2 Å². The number of nitrogens with zero attached hydrogens (tertiary/aromatic N) is 1. The third-order valence-corrected chi connectivity index (χ3v) is 3.82. The van der Waals surface area contributed by atoms with Crippen molar-refractivity contribution in [1.29, 1.82) is 0 Å². The van der Waals surface area contributed by atoms with Crippen LogP contribution in [-0.2, 0) is 13.6 Å². The number of benzene rings is 1. The zero-order valence-electron chi connectivity index (χ0n) is 11.1. The highest BCUT2D eigenvalue weighted by atomic mass is 35.5.